The lowest BCUT2D eigenvalue weighted by atomic mass is 10.1. The van der Waals surface area contributed by atoms with Gasteiger partial charge in [0.1, 0.15) is 5.75 Å². The standard InChI is InChI=1S/C18H20N2O3/c1-13-7-3-4-8-14(13)17(21)19-11-12-20-18(22)15-9-5-6-10-16(15)23-2/h3-10H,11-12H2,1-2H3,(H,19,21)(H,20,22). The molecule has 0 fully saturated rings. The maximum absolute atomic E-state index is 12.1. The summed E-state index contributed by atoms with van der Waals surface area (Å²) in [5.41, 5.74) is 2.03. The maximum Gasteiger partial charge on any atom is 0.255 e. The molecular weight excluding hydrogens is 292 g/mol. The van der Waals surface area contributed by atoms with E-state index in [1.807, 2.05) is 25.1 Å². The molecule has 0 aliphatic rings. The number of methoxy groups -OCH3 is 1. The minimum absolute atomic E-state index is 0.144. The first-order valence-corrected chi connectivity index (χ1v) is 7.38. The number of benzene rings is 2. The number of nitrogens with one attached hydrogen (secondary N) is 2. The van der Waals surface area contributed by atoms with E-state index in [-0.39, 0.29) is 11.8 Å². The number of amides is 2. The third kappa shape index (κ3) is 4.32. The van der Waals surface area contributed by atoms with Gasteiger partial charge in [-0.2, -0.15) is 0 Å². The van der Waals surface area contributed by atoms with Crippen molar-refractivity contribution in [3.63, 3.8) is 0 Å². The lowest BCUT2D eigenvalue weighted by molar-refractivity contribution is 0.0925. The van der Waals surface area contributed by atoms with Crippen LogP contribution < -0.4 is 15.4 Å². The average Bonchev–Trinajstić information content (AvgIpc) is 2.58. The zero-order chi connectivity index (χ0) is 16.7. The molecule has 0 spiro atoms. The molecule has 5 heteroatoms. The molecule has 23 heavy (non-hydrogen) atoms. The molecule has 0 bridgehead atoms. The number of rotatable bonds is 6. The summed E-state index contributed by atoms with van der Waals surface area (Å²) in [6.45, 7) is 2.58. The highest BCUT2D eigenvalue weighted by Gasteiger charge is 2.11. The van der Waals surface area contributed by atoms with E-state index < -0.39 is 0 Å². The fourth-order valence-corrected chi connectivity index (χ4v) is 2.20. The molecule has 120 valence electrons. The molecule has 0 aromatic heterocycles. The monoisotopic (exact) mass is 312 g/mol. The van der Waals surface area contributed by atoms with Gasteiger partial charge in [-0.3, -0.25) is 9.59 Å². The normalized spacial score (nSPS) is 10.0. The van der Waals surface area contributed by atoms with Gasteiger partial charge < -0.3 is 15.4 Å². The Morgan fingerprint density at radius 1 is 0.870 bits per heavy atom. The summed E-state index contributed by atoms with van der Waals surface area (Å²) in [5.74, 6) is 0.149. The van der Waals surface area contributed by atoms with Gasteiger partial charge in [-0.25, -0.2) is 0 Å². The smallest absolute Gasteiger partial charge is 0.255 e. The second kappa shape index (κ2) is 7.98. The Balaban J connectivity index is 1.82. The summed E-state index contributed by atoms with van der Waals surface area (Å²) in [6.07, 6.45) is 0. The predicted octanol–water partition coefficient (Wildman–Crippen LogP) is 2.16. The molecule has 0 atom stereocenters. The molecule has 0 unspecified atom stereocenters. The topological polar surface area (TPSA) is 67.4 Å². The number of ether oxygens (including phenoxy) is 1. The van der Waals surface area contributed by atoms with Crippen LogP contribution in [0.4, 0.5) is 0 Å². The Labute approximate surface area is 135 Å². The van der Waals surface area contributed by atoms with Gasteiger partial charge in [0.05, 0.1) is 12.7 Å². The number of para-hydroxylation sites is 1. The summed E-state index contributed by atoms with van der Waals surface area (Å²) in [7, 11) is 1.52. The van der Waals surface area contributed by atoms with Crippen molar-refractivity contribution in [1.29, 1.82) is 0 Å². The second-order valence-corrected chi connectivity index (χ2v) is 5.03. The first-order chi connectivity index (χ1) is 11.1. The molecule has 2 amide bonds. The third-order valence-electron chi connectivity index (χ3n) is 3.44. The lowest BCUT2D eigenvalue weighted by Crippen LogP contribution is -2.35. The lowest BCUT2D eigenvalue weighted by Gasteiger charge is -2.10. The highest BCUT2D eigenvalue weighted by atomic mass is 16.5. The number of hydrogen-bond donors (Lipinski definition) is 2. The number of aryl methyl sites for hydroxylation is 1. The van der Waals surface area contributed by atoms with Crippen molar-refractivity contribution in [3.8, 4) is 5.75 Å². The van der Waals surface area contributed by atoms with E-state index in [9.17, 15) is 9.59 Å². The van der Waals surface area contributed by atoms with Crippen molar-refractivity contribution in [2.45, 2.75) is 6.92 Å². The quantitative estimate of drug-likeness (QED) is 0.803. The molecule has 2 aromatic carbocycles. The van der Waals surface area contributed by atoms with Crippen LogP contribution >= 0.6 is 0 Å². The molecule has 2 rings (SSSR count). The molecule has 0 aliphatic carbocycles. The molecule has 2 aromatic rings. The van der Waals surface area contributed by atoms with Gasteiger partial charge in [-0.05, 0) is 30.7 Å². The average molecular weight is 312 g/mol. The Kier molecular flexibility index (Phi) is 5.74. The number of carbonyl (C=O) groups excluding carboxylic acids is 2. The highest BCUT2D eigenvalue weighted by molar-refractivity contribution is 5.97. The Morgan fingerprint density at radius 3 is 2.00 bits per heavy atom. The highest BCUT2D eigenvalue weighted by Crippen LogP contribution is 2.16. The number of carbonyl (C=O) groups is 2. The minimum atomic E-state index is -0.229. The first-order valence-electron chi connectivity index (χ1n) is 7.38. The van der Waals surface area contributed by atoms with Crippen LogP contribution in [0.3, 0.4) is 0 Å². The van der Waals surface area contributed by atoms with Crippen molar-refractivity contribution in [2.24, 2.45) is 0 Å². The summed E-state index contributed by atoms with van der Waals surface area (Å²) >= 11 is 0. The van der Waals surface area contributed by atoms with Crippen LogP contribution in [-0.4, -0.2) is 32.0 Å². The van der Waals surface area contributed by atoms with Gasteiger partial charge in [0.25, 0.3) is 11.8 Å². The van der Waals surface area contributed by atoms with E-state index >= 15 is 0 Å². The van der Waals surface area contributed by atoms with E-state index in [0.717, 1.165) is 5.56 Å². The minimum Gasteiger partial charge on any atom is -0.496 e. The third-order valence-corrected chi connectivity index (χ3v) is 3.44. The molecule has 0 saturated heterocycles. The van der Waals surface area contributed by atoms with E-state index in [2.05, 4.69) is 10.6 Å². The van der Waals surface area contributed by atoms with Gasteiger partial charge >= 0.3 is 0 Å². The number of hydrogen-bond acceptors (Lipinski definition) is 3. The fraction of sp³-hybridized carbons (Fsp3) is 0.222. The predicted molar refractivity (Wildman–Crippen MR) is 88.8 cm³/mol. The van der Waals surface area contributed by atoms with Crippen LogP contribution in [0.15, 0.2) is 48.5 Å². The second-order valence-electron chi connectivity index (χ2n) is 5.03. The van der Waals surface area contributed by atoms with Crippen molar-refractivity contribution < 1.29 is 14.3 Å². The van der Waals surface area contributed by atoms with Gasteiger partial charge in [-0.15, -0.1) is 0 Å². The molecule has 0 saturated carbocycles. The van der Waals surface area contributed by atoms with Crippen LogP contribution in [0.2, 0.25) is 0 Å². The van der Waals surface area contributed by atoms with Crippen LogP contribution in [0, 0.1) is 6.92 Å². The van der Waals surface area contributed by atoms with Crippen LogP contribution in [0.5, 0.6) is 5.75 Å². The van der Waals surface area contributed by atoms with Crippen LogP contribution in [-0.2, 0) is 0 Å². The summed E-state index contributed by atoms with van der Waals surface area (Å²) < 4.78 is 5.15. The molecule has 0 radical (unpaired) electrons. The zero-order valence-corrected chi connectivity index (χ0v) is 13.3. The van der Waals surface area contributed by atoms with E-state index in [4.69, 9.17) is 4.74 Å². The summed E-state index contributed by atoms with van der Waals surface area (Å²) in [4.78, 5) is 24.1. The largest absolute Gasteiger partial charge is 0.496 e. The molecule has 0 heterocycles. The van der Waals surface area contributed by atoms with Gasteiger partial charge in [0.2, 0.25) is 0 Å². The van der Waals surface area contributed by atoms with Crippen molar-refractivity contribution in [3.05, 3.63) is 65.2 Å². The maximum atomic E-state index is 12.1. The van der Waals surface area contributed by atoms with Crippen LogP contribution in [0.25, 0.3) is 0 Å². The Morgan fingerprint density at radius 2 is 1.39 bits per heavy atom. The SMILES string of the molecule is COc1ccccc1C(=O)NCCNC(=O)c1ccccc1C. The van der Waals surface area contributed by atoms with Gasteiger partial charge in [0.15, 0.2) is 0 Å². The van der Waals surface area contributed by atoms with Crippen molar-refractivity contribution >= 4 is 11.8 Å². The van der Waals surface area contributed by atoms with E-state index in [1.54, 1.807) is 30.3 Å². The molecule has 5 nitrogen and oxygen atoms in total. The van der Waals surface area contributed by atoms with Crippen LogP contribution in [0.1, 0.15) is 26.3 Å². The Bertz CT molecular complexity index is 698. The van der Waals surface area contributed by atoms with Crippen molar-refractivity contribution in [1.82, 2.24) is 10.6 Å². The van der Waals surface area contributed by atoms with E-state index in [0.29, 0.717) is 30.0 Å². The van der Waals surface area contributed by atoms with Gasteiger partial charge in [-0.1, -0.05) is 30.3 Å². The molecule has 0 aliphatic heterocycles. The summed E-state index contributed by atoms with van der Waals surface area (Å²) in [5, 5.41) is 5.55. The van der Waals surface area contributed by atoms with Gasteiger partial charge in [0, 0.05) is 18.7 Å². The Hall–Kier alpha value is -2.82. The molecule has 2 N–H and O–H groups in total. The zero-order valence-electron chi connectivity index (χ0n) is 13.3. The first kappa shape index (κ1) is 16.5. The molecular formula is C18H20N2O3. The fourth-order valence-electron chi connectivity index (χ4n) is 2.20. The summed E-state index contributed by atoms with van der Waals surface area (Å²) in [6, 6.07) is 14.4. The van der Waals surface area contributed by atoms with Crippen molar-refractivity contribution in [2.75, 3.05) is 20.2 Å². The van der Waals surface area contributed by atoms with E-state index in [1.165, 1.54) is 7.11 Å².